The molecule has 0 aliphatic heterocycles. The van der Waals surface area contributed by atoms with E-state index in [-0.39, 0.29) is 29.0 Å². The zero-order valence-electron chi connectivity index (χ0n) is 20.7. The summed E-state index contributed by atoms with van der Waals surface area (Å²) in [4.78, 5) is 44.6. The minimum atomic E-state index is -0.439. The summed E-state index contributed by atoms with van der Waals surface area (Å²) >= 11 is 5.44. The topological polar surface area (TPSA) is 127 Å². The van der Waals surface area contributed by atoms with E-state index in [4.69, 9.17) is 0 Å². The molecular weight excluding hydrogens is 575 g/mol. The fourth-order valence-corrected chi connectivity index (χ4v) is 7.44. The van der Waals surface area contributed by atoms with Crippen LogP contribution in [0.15, 0.2) is 63.3 Å². The van der Waals surface area contributed by atoms with Gasteiger partial charge in [0.15, 0.2) is 8.68 Å². The van der Waals surface area contributed by atoms with Crippen LogP contribution >= 0.6 is 46.2 Å². The van der Waals surface area contributed by atoms with Crippen molar-refractivity contribution in [2.45, 2.75) is 22.5 Å². The lowest BCUT2D eigenvalue weighted by Crippen LogP contribution is -2.15. The Morgan fingerprint density at radius 3 is 2.15 bits per heavy atom. The second-order valence-electron chi connectivity index (χ2n) is 8.47. The Morgan fingerprint density at radius 1 is 0.872 bits per heavy atom. The van der Waals surface area contributed by atoms with Crippen LogP contribution < -0.4 is 10.6 Å². The molecule has 0 radical (unpaired) electrons. The van der Waals surface area contributed by atoms with E-state index in [0.29, 0.717) is 20.2 Å². The quantitative estimate of drug-likeness (QED) is 0.107. The number of nitrogens with one attached hydrogen (secondary N) is 2. The molecule has 0 atom stereocenters. The van der Waals surface area contributed by atoms with Gasteiger partial charge < -0.3 is 10.6 Å². The zero-order valence-corrected chi connectivity index (χ0v) is 24.0. The number of aromatic nitrogens is 2. The second-order valence-corrected chi connectivity index (χ2v) is 13.0. The van der Waals surface area contributed by atoms with Crippen LogP contribution in [0.5, 0.6) is 0 Å². The lowest BCUT2D eigenvalue weighted by molar-refractivity contribution is -0.384. The number of nitrogens with zero attached hydrogens (tertiary/aromatic N) is 3. The number of thioether (sulfide) groups is 2. The molecule has 0 bridgehead atoms. The number of fused-ring (bicyclic) bond motifs is 2. The van der Waals surface area contributed by atoms with Crippen LogP contribution in [-0.4, -0.2) is 38.2 Å². The second kappa shape index (κ2) is 11.7. The van der Waals surface area contributed by atoms with E-state index in [1.807, 2.05) is 44.2 Å². The number of anilines is 2. The van der Waals surface area contributed by atoms with Gasteiger partial charge in [-0.15, -0.1) is 22.7 Å². The summed E-state index contributed by atoms with van der Waals surface area (Å²) < 4.78 is 3.06. The average molecular weight is 596 g/mol. The number of benzene rings is 3. The predicted octanol–water partition coefficient (Wildman–Crippen LogP) is 6.89. The number of carbonyl (C=O) groups is 2. The van der Waals surface area contributed by atoms with Gasteiger partial charge >= 0.3 is 0 Å². The summed E-state index contributed by atoms with van der Waals surface area (Å²) in [5, 5.41) is 16.8. The van der Waals surface area contributed by atoms with Gasteiger partial charge in [0.25, 0.3) is 5.69 Å². The molecule has 2 heterocycles. The first-order chi connectivity index (χ1) is 18.7. The standard InChI is InChI=1S/C26H21N5O4S4/c1-14-4-3-5-18(15(14)2)28-24(33)13-37-25-29-19-8-6-16(10-21(19)38-25)27-23(32)12-36-26-30-20-9-7-17(31(34)35)11-22(20)39-26/h3-11H,12-13H2,1-2H3,(H,27,32)(H,28,33). The van der Waals surface area contributed by atoms with Crippen LogP contribution in [0.3, 0.4) is 0 Å². The van der Waals surface area contributed by atoms with E-state index < -0.39 is 4.92 Å². The van der Waals surface area contributed by atoms with E-state index in [2.05, 4.69) is 20.6 Å². The molecule has 0 fully saturated rings. The number of non-ortho nitro benzene ring substituents is 1. The summed E-state index contributed by atoms with van der Waals surface area (Å²) in [7, 11) is 0. The highest BCUT2D eigenvalue weighted by molar-refractivity contribution is 8.02. The van der Waals surface area contributed by atoms with Crippen molar-refractivity contribution in [3.8, 4) is 0 Å². The van der Waals surface area contributed by atoms with Crippen LogP contribution in [0, 0.1) is 24.0 Å². The van der Waals surface area contributed by atoms with Crippen molar-refractivity contribution in [3.63, 3.8) is 0 Å². The summed E-state index contributed by atoms with van der Waals surface area (Å²) in [5.74, 6) is 0.114. The van der Waals surface area contributed by atoms with Gasteiger partial charge in [0.2, 0.25) is 11.8 Å². The maximum Gasteiger partial charge on any atom is 0.270 e. The molecule has 2 amide bonds. The van der Waals surface area contributed by atoms with Gasteiger partial charge in [0, 0.05) is 23.5 Å². The molecule has 0 aliphatic carbocycles. The third kappa shape index (κ3) is 6.56. The molecule has 0 saturated heterocycles. The maximum absolute atomic E-state index is 12.6. The monoisotopic (exact) mass is 595 g/mol. The van der Waals surface area contributed by atoms with Gasteiger partial charge in [-0.05, 0) is 55.3 Å². The number of nitro groups is 1. The molecule has 13 heteroatoms. The van der Waals surface area contributed by atoms with Crippen molar-refractivity contribution in [1.29, 1.82) is 0 Å². The Labute approximate surface area is 239 Å². The van der Waals surface area contributed by atoms with Crippen LogP contribution in [0.2, 0.25) is 0 Å². The number of amides is 2. The molecule has 2 aromatic heterocycles. The summed E-state index contributed by atoms with van der Waals surface area (Å²) in [6.45, 7) is 3.99. The Bertz CT molecular complexity index is 1730. The van der Waals surface area contributed by atoms with Gasteiger partial charge in [0.05, 0.1) is 36.9 Å². The number of thiazole rings is 2. The highest BCUT2D eigenvalue weighted by atomic mass is 32.2. The molecule has 0 spiro atoms. The summed E-state index contributed by atoms with van der Waals surface area (Å²) in [6, 6.07) is 15.9. The third-order valence-electron chi connectivity index (χ3n) is 5.75. The first-order valence-corrected chi connectivity index (χ1v) is 15.2. The number of carbonyl (C=O) groups excluding carboxylic acids is 2. The molecular formula is C26H21N5O4S4. The first-order valence-electron chi connectivity index (χ1n) is 11.6. The largest absolute Gasteiger partial charge is 0.325 e. The molecule has 198 valence electrons. The smallest absolute Gasteiger partial charge is 0.270 e. The molecule has 0 saturated carbocycles. The first kappa shape index (κ1) is 27.1. The van der Waals surface area contributed by atoms with Crippen LogP contribution in [0.25, 0.3) is 20.4 Å². The van der Waals surface area contributed by atoms with Crippen LogP contribution in [0.1, 0.15) is 11.1 Å². The third-order valence-corrected chi connectivity index (χ3v) is 10.1. The van der Waals surface area contributed by atoms with Gasteiger partial charge in [-0.1, -0.05) is 35.7 Å². The molecule has 3 aromatic carbocycles. The Kier molecular flexibility index (Phi) is 8.12. The van der Waals surface area contributed by atoms with Gasteiger partial charge in [0.1, 0.15) is 0 Å². The number of hydrogen-bond acceptors (Lipinski definition) is 10. The number of aryl methyl sites for hydroxylation is 1. The molecule has 5 rings (SSSR count). The fraction of sp³-hybridized carbons (Fsp3) is 0.154. The van der Waals surface area contributed by atoms with Crippen molar-refractivity contribution in [1.82, 2.24) is 9.97 Å². The predicted molar refractivity (Wildman–Crippen MR) is 161 cm³/mol. The Balaban J connectivity index is 1.15. The molecule has 39 heavy (non-hydrogen) atoms. The average Bonchev–Trinajstić information content (AvgIpc) is 3.51. The lowest BCUT2D eigenvalue weighted by Gasteiger charge is -2.09. The van der Waals surface area contributed by atoms with Crippen molar-refractivity contribution in [3.05, 3.63) is 75.8 Å². The zero-order chi connectivity index (χ0) is 27.5. The molecule has 0 aliphatic rings. The SMILES string of the molecule is Cc1cccc(NC(=O)CSc2nc3ccc(NC(=O)CSc4nc5ccc([N+](=O)[O-])cc5s4)cc3s2)c1C. The van der Waals surface area contributed by atoms with E-state index in [1.165, 1.54) is 58.3 Å². The van der Waals surface area contributed by atoms with Crippen molar-refractivity contribution >= 4 is 95.5 Å². The van der Waals surface area contributed by atoms with Crippen molar-refractivity contribution < 1.29 is 14.5 Å². The Hall–Kier alpha value is -3.52. The summed E-state index contributed by atoms with van der Waals surface area (Å²) in [6.07, 6.45) is 0. The van der Waals surface area contributed by atoms with E-state index in [1.54, 1.807) is 12.1 Å². The van der Waals surface area contributed by atoms with E-state index in [0.717, 1.165) is 31.4 Å². The van der Waals surface area contributed by atoms with Gasteiger partial charge in [-0.3, -0.25) is 19.7 Å². The minimum absolute atomic E-state index is 0.0149. The highest BCUT2D eigenvalue weighted by Crippen LogP contribution is 2.33. The minimum Gasteiger partial charge on any atom is -0.325 e. The normalized spacial score (nSPS) is 11.1. The Morgan fingerprint density at radius 2 is 1.49 bits per heavy atom. The molecule has 2 N–H and O–H groups in total. The number of rotatable bonds is 9. The lowest BCUT2D eigenvalue weighted by atomic mass is 10.1. The molecule has 5 aromatic rings. The van der Waals surface area contributed by atoms with E-state index in [9.17, 15) is 19.7 Å². The summed E-state index contributed by atoms with van der Waals surface area (Å²) in [5.41, 5.74) is 5.12. The van der Waals surface area contributed by atoms with E-state index >= 15 is 0 Å². The van der Waals surface area contributed by atoms with Crippen LogP contribution in [-0.2, 0) is 9.59 Å². The van der Waals surface area contributed by atoms with Crippen LogP contribution in [0.4, 0.5) is 17.1 Å². The van der Waals surface area contributed by atoms with Crippen molar-refractivity contribution in [2.24, 2.45) is 0 Å². The number of hydrogen-bond donors (Lipinski definition) is 2. The number of nitro benzene ring substituents is 1. The molecule has 9 nitrogen and oxygen atoms in total. The highest BCUT2D eigenvalue weighted by Gasteiger charge is 2.14. The maximum atomic E-state index is 12.6. The molecule has 0 unspecified atom stereocenters. The fourth-order valence-electron chi connectivity index (χ4n) is 3.63. The van der Waals surface area contributed by atoms with Gasteiger partial charge in [-0.25, -0.2) is 9.97 Å². The van der Waals surface area contributed by atoms with Crippen molar-refractivity contribution in [2.75, 3.05) is 22.1 Å². The van der Waals surface area contributed by atoms with Gasteiger partial charge in [-0.2, -0.15) is 0 Å².